The van der Waals surface area contributed by atoms with E-state index in [1.165, 1.54) is 0 Å². The topological polar surface area (TPSA) is 73.6 Å². The molecule has 3 N–H and O–H groups in total. The van der Waals surface area contributed by atoms with Gasteiger partial charge in [-0.15, -0.1) is 0 Å². The first kappa shape index (κ1) is 19.1. The molecule has 21 heavy (non-hydrogen) atoms. The van der Waals surface area contributed by atoms with Crippen LogP contribution in [0.15, 0.2) is 0 Å². The van der Waals surface area contributed by atoms with Crippen LogP contribution in [0.2, 0.25) is 0 Å². The summed E-state index contributed by atoms with van der Waals surface area (Å²) in [4.78, 5) is 0. The standard InChI is InChI=1S/C15H33N2O3P/c1-6-19-21(18,20-7-2)12-17-11-15(5)9-13(16)8-14(3,4)10-15/h13,17H,6-12,16H2,1-5H3. The maximum absolute atomic E-state index is 12.4. The number of hydrogen-bond donors (Lipinski definition) is 2. The molecule has 0 heterocycles. The van der Waals surface area contributed by atoms with Crippen molar-refractivity contribution in [2.24, 2.45) is 16.6 Å². The molecule has 0 aromatic rings. The van der Waals surface area contributed by atoms with Crippen LogP contribution < -0.4 is 11.1 Å². The van der Waals surface area contributed by atoms with E-state index in [9.17, 15) is 4.57 Å². The fraction of sp³-hybridized carbons (Fsp3) is 1.00. The SMILES string of the molecule is CCOP(=O)(CNCC1(C)CC(N)CC(C)(C)C1)OCC. The van der Waals surface area contributed by atoms with E-state index in [-0.39, 0.29) is 23.2 Å². The van der Waals surface area contributed by atoms with Gasteiger partial charge in [0, 0.05) is 12.6 Å². The van der Waals surface area contributed by atoms with Gasteiger partial charge in [0.25, 0.3) is 0 Å². The molecule has 1 fully saturated rings. The predicted octanol–water partition coefficient (Wildman–Crippen LogP) is 3.34. The van der Waals surface area contributed by atoms with E-state index in [1.807, 2.05) is 13.8 Å². The molecule has 2 unspecified atom stereocenters. The van der Waals surface area contributed by atoms with Crippen LogP contribution in [0, 0.1) is 10.8 Å². The van der Waals surface area contributed by atoms with Gasteiger partial charge in [0.05, 0.1) is 19.5 Å². The van der Waals surface area contributed by atoms with Crippen LogP contribution in [0.25, 0.3) is 0 Å². The van der Waals surface area contributed by atoms with Crippen molar-refractivity contribution in [3.8, 4) is 0 Å². The molecule has 1 saturated carbocycles. The summed E-state index contributed by atoms with van der Waals surface area (Å²) in [6.07, 6.45) is 3.45. The summed E-state index contributed by atoms with van der Waals surface area (Å²) in [5.41, 5.74) is 6.60. The molecular weight excluding hydrogens is 287 g/mol. The van der Waals surface area contributed by atoms with E-state index in [0.717, 1.165) is 25.8 Å². The molecule has 0 amide bonds. The van der Waals surface area contributed by atoms with Gasteiger partial charge < -0.3 is 20.1 Å². The summed E-state index contributed by atoms with van der Waals surface area (Å²) in [5, 5.41) is 3.30. The number of rotatable bonds is 8. The minimum atomic E-state index is -3.01. The van der Waals surface area contributed by atoms with Crippen molar-refractivity contribution in [1.29, 1.82) is 0 Å². The molecule has 0 aromatic carbocycles. The average molecular weight is 320 g/mol. The second kappa shape index (κ2) is 7.56. The van der Waals surface area contributed by atoms with Gasteiger partial charge in [-0.3, -0.25) is 4.57 Å². The molecule has 2 atom stereocenters. The fourth-order valence-corrected chi connectivity index (χ4v) is 5.30. The zero-order chi connectivity index (χ0) is 16.1. The van der Waals surface area contributed by atoms with Crippen molar-refractivity contribution in [2.45, 2.75) is 59.9 Å². The van der Waals surface area contributed by atoms with Crippen molar-refractivity contribution >= 4 is 7.60 Å². The molecule has 1 rings (SSSR count). The van der Waals surface area contributed by atoms with Gasteiger partial charge in [0.2, 0.25) is 0 Å². The van der Waals surface area contributed by atoms with Crippen molar-refractivity contribution < 1.29 is 13.6 Å². The molecule has 6 heteroatoms. The third kappa shape index (κ3) is 6.37. The minimum absolute atomic E-state index is 0.129. The van der Waals surface area contributed by atoms with E-state index in [1.54, 1.807) is 0 Å². The maximum Gasteiger partial charge on any atom is 0.344 e. The lowest BCUT2D eigenvalue weighted by atomic mass is 9.63. The largest absolute Gasteiger partial charge is 0.344 e. The zero-order valence-corrected chi connectivity index (χ0v) is 15.2. The quantitative estimate of drug-likeness (QED) is 0.671. The Morgan fingerprint density at radius 1 is 1.19 bits per heavy atom. The van der Waals surface area contributed by atoms with E-state index in [2.05, 4.69) is 26.1 Å². The molecule has 126 valence electrons. The molecule has 0 radical (unpaired) electrons. The number of hydrogen-bond acceptors (Lipinski definition) is 5. The molecule has 1 aliphatic carbocycles. The first-order valence-corrected chi connectivity index (χ1v) is 9.71. The first-order chi connectivity index (χ1) is 9.64. The Kier molecular flexibility index (Phi) is 6.88. The van der Waals surface area contributed by atoms with Crippen LogP contribution in [-0.2, 0) is 13.6 Å². The molecule has 1 aliphatic rings. The third-order valence-corrected chi connectivity index (χ3v) is 5.90. The number of nitrogens with one attached hydrogen (secondary N) is 1. The molecule has 0 aromatic heterocycles. The second-order valence-corrected chi connectivity index (χ2v) is 9.41. The molecule has 0 aliphatic heterocycles. The summed E-state index contributed by atoms with van der Waals surface area (Å²) in [6, 6.07) is 0.242. The average Bonchev–Trinajstić information content (AvgIpc) is 2.25. The van der Waals surface area contributed by atoms with E-state index in [0.29, 0.717) is 13.2 Å². The lowest BCUT2D eigenvalue weighted by molar-refractivity contribution is 0.0834. The molecule has 0 bridgehead atoms. The lowest BCUT2D eigenvalue weighted by Gasteiger charge is -2.46. The lowest BCUT2D eigenvalue weighted by Crippen LogP contribution is -2.46. The van der Waals surface area contributed by atoms with Gasteiger partial charge in [-0.25, -0.2) is 0 Å². The Morgan fingerprint density at radius 3 is 2.24 bits per heavy atom. The Labute approximate surface area is 129 Å². The highest BCUT2D eigenvalue weighted by Crippen LogP contribution is 2.48. The highest BCUT2D eigenvalue weighted by Gasteiger charge is 2.40. The highest BCUT2D eigenvalue weighted by molar-refractivity contribution is 7.53. The summed E-state index contributed by atoms with van der Waals surface area (Å²) >= 11 is 0. The van der Waals surface area contributed by atoms with Crippen LogP contribution >= 0.6 is 7.60 Å². The first-order valence-electron chi connectivity index (χ1n) is 7.98. The van der Waals surface area contributed by atoms with E-state index in [4.69, 9.17) is 14.8 Å². The Morgan fingerprint density at radius 2 is 1.76 bits per heavy atom. The molecule has 5 nitrogen and oxygen atoms in total. The Hall–Kier alpha value is 0.0700. The van der Waals surface area contributed by atoms with Gasteiger partial charge >= 0.3 is 7.60 Å². The summed E-state index contributed by atoms with van der Waals surface area (Å²) in [7, 11) is -3.01. The monoisotopic (exact) mass is 320 g/mol. The van der Waals surface area contributed by atoms with Crippen LogP contribution in [0.1, 0.15) is 53.9 Å². The molecule has 0 spiro atoms. The van der Waals surface area contributed by atoms with Gasteiger partial charge in [-0.2, -0.15) is 0 Å². The van der Waals surface area contributed by atoms with Crippen molar-refractivity contribution in [3.05, 3.63) is 0 Å². The highest BCUT2D eigenvalue weighted by atomic mass is 31.2. The van der Waals surface area contributed by atoms with Crippen molar-refractivity contribution in [2.75, 3.05) is 26.0 Å². The molecule has 0 saturated heterocycles. The van der Waals surface area contributed by atoms with Gasteiger partial charge in [0.15, 0.2) is 0 Å². The normalized spacial score (nSPS) is 29.5. The van der Waals surface area contributed by atoms with Gasteiger partial charge in [-0.05, 0) is 43.9 Å². The third-order valence-electron chi connectivity index (χ3n) is 3.98. The van der Waals surface area contributed by atoms with E-state index < -0.39 is 7.60 Å². The zero-order valence-electron chi connectivity index (χ0n) is 14.3. The fourth-order valence-electron chi connectivity index (χ4n) is 3.87. The van der Waals surface area contributed by atoms with Gasteiger partial charge in [-0.1, -0.05) is 20.8 Å². The minimum Gasteiger partial charge on any atom is -0.328 e. The Balaban J connectivity index is 2.55. The van der Waals surface area contributed by atoms with Crippen LogP contribution in [-0.4, -0.2) is 32.1 Å². The summed E-state index contributed by atoms with van der Waals surface area (Å²) < 4.78 is 23.0. The predicted molar refractivity (Wildman–Crippen MR) is 87.4 cm³/mol. The molecular formula is C15H33N2O3P. The van der Waals surface area contributed by atoms with Crippen LogP contribution in [0.4, 0.5) is 0 Å². The summed E-state index contributed by atoms with van der Waals surface area (Å²) in [5.74, 6) is 0. The Bertz CT molecular complexity index is 366. The van der Waals surface area contributed by atoms with Crippen molar-refractivity contribution in [3.63, 3.8) is 0 Å². The second-order valence-electron chi connectivity index (χ2n) is 7.35. The van der Waals surface area contributed by atoms with Gasteiger partial charge in [0.1, 0.15) is 0 Å². The van der Waals surface area contributed by atoms with Crippen LogP contribution in [0.5, 0.6) is 0 Å². The number of nitrogens with two attached hydrogens (primary N) is 1. The van der Waals surface area contributed by atoms with E-state index >= 15 is 0 Å². The smallest absolute Gasteiger partial charge is 0.328 e. The van der Waals surface area contributed by atoms with Crippen LogP contribution in [0.3, 0.4) is 0 Å². The maximum atomic E-state index is 12.4. The summed E-state index contributed by atoms with van der Waals surface area (Å²) in [6.45, 7) is 12.0. The van der Waals surface area contributed by atoms with Crippen molar-refractivity contribution in [1.82, 2.24) is 5.32 Å².